The number of rotatable bonds is 5. The van der Waals surface area contributed by atoms with Crippen LogP contribution in [0.3, 0.4) is 0 Å². The van der Waals surface area contributed by atoms with Gasteiger partial charge in [0.05, 0.1) is 5.52 Å². The molecule has 1 aliphatic rings. The molecule has 2 heterocycles. The standard InChI is InChI=1S/C47H34N2O/c1-47(2)41-19-11-9-17-37(41)38-27-25-36(30-42(38)47)48(34-23-21-32(22-24-34)31-13-5-3-6-14-31)35-26-28-43-40(29-35)46-45(39-18-10-12-20-44(39)50-46)49(43)33-15-7-4-8-16-33/h3-30H,1-2H3. The van der Waals surface area contributed by atoms with Gasteiger partial charge in [0.25, 0.3) is 0 Å². The highest BCUT2D eigenvalue weighted by Crippen LogP contribution is 2.51. The van der Waals surface area contributed by atoms with E-state index in [1.54, 1.807) is 0 Å². The molecule has 0 unspecified atom stereocenters. The first-order chi connectivity index (χ1) is 24.6. The summed E-state index contributed by atoms with van der Waals surface area (Å²) < 4.78 is 9.00. The van der Waals surface area contributed by atoms with Crippen LogP contribution in [0.1, 0.15) is 25.0 Å². The van der Waals surface area contributed by atoms with Gasteiger partial charge in [-0.05, 0) is 100 Å². The SMILES string of the molecule is CC1(C)c2ccccc2-c2ccc(N(c3ccc(-c4ccccc4)cc3)c3ccc4c(c3)c3oc5ccccc5c3n4-c3ccccc3)cc21. The van der Waals surface area contributed by atoms with Crippen molar-refractivity contribution >= 4 is 50.0 Å². The van der Waals surface area contributed by atoms with Gasteiger partial charge in [-0.15, -0.1) is 0 Å². The maximum Gasteiger partial charge on any atom is 0.161 e. The molecule has 3 heteroatoms. The van der Waals surface area contributed by atoms with Crippen molar-refractivity contribution in [2.75, 3.05) is 4.90 Å². The molecular formula is C47H34N2O. The molecule has 0 fully saturated rings. The summed E-state index contributed by atoms with van der Waals surface area (Å²) in [5.74, 6) is 0. The highest BCUT2D eigenvalue weighted by molar-refractivity contribution is 6.17. The number of hydrogen-bond acceptors (Lipinski definition) is 2. The number of furan rings is 1. The fourth-order valence-electron chi connectivity index (χ4n) is 8.15. The van der Waals surface area contributed by atoms with E-state index in [1.165, 1.54) is 33.4 Å². The molecule has 0 saturated heterocycles. The van der Waals surface area contributed by atoms with E-state index in [4.69, 9.17) is 4.42 Å². The molecule has 10 rings (SSSR count). The van der Waals surface area contributed by atoms with Gasteiger partial charge in [-0.25, -0.2) is 0 Å². The van der Waals surface area contributed by atoms with Crippen LogP contribution in [0.25, 0.3) is 60.9 Å². The molecule has 0 atom stereocenters. The van der Waals surface area contributed by atoms with E-state index in [0.29, 0.717) is 0 Å². The molecule has 50 heavy (non-hydrogen) atoms. The Morgan fingerprint density at radius 2 is 1.12 bits per heavy atom. The van der Waals surface area contributed by atoms with Gasteiger partial charge in [-0.2, -0.15) is 0 Å². The van der Waals surface area contributed by atoms with Crippen LogP contribution in [0, 0.1) is 0 Å². The zero-order valence-corrected chi connectivity index (χ0v) is 28.0. The van der Waals surface area contributed by atoms with Crippen molar-refractivity contribution in [2.45, 2.75) is 19.3 Å². The lowest BCUT2D eigenvalue weighted by Crippen LogP contribution is -2.16. The van der Waals surface area contributed by atoms with E-state index >= 15 is 0 Å². The van der Waals surface area contributed by atoms with E-state index < -0.39 is 0 Å². The van der Waals surface area contributed by atoms with Crippen LogP contribution in [-0.2, 0) is 5.41 Å². The van der Waals surface area contributed by atoms with Crippen molar-refractivity contribution in [1.29, 1.82) is 0 Å². The van der Waals surface area contributed by atoms with Crippen LogP contribution < -0.4 is 4.90 Å². The van der Waals surface area contributed by atoms with Crippen LogP contribution in [0.5, 0.6) is 0 Å². The van der Waals surface area contributed by atoms with Gasteiger partial charge in [-0.1, -0.05) is 117 Å². The molecule has 1 aliphatic carbocycles. The fourth-order valence-corrected chi connectivity index (χ4v) is 8.15. The molecule has 0 spiro atoms. The van der Waals surface area contributed by atoms with Crippen molar-refractivity contribution in [3.8, 4) is 27.9 Å². The fraction of sp³-hybridized carbons (Fsp3) is 0.0638. The summed E-state index contributed by atoms with van der Waals surface area (Å²) in [5, 5.41) is 2.19. The van der Waals surface area contributed by atoms with Gasteiger partial charge < -0.3 is 13.9 Å². The second-order valence-corrected chi connectivity index (χ2v) is 13.8. The Morgan fingerprint density at radius 1 is 0.500 bits per heavy atom. The van der Waals surface area contributed by atoms with Crippen LogP contribution in [0.2, 0.25) is 0 Å². The van der Waals surface area contributed by atoms with Crippen LogP contribution in [-0.4, -0.2) is 4.57 Å². The number of fused-ring (bicyclic) bond motifs is 8. The number of anilines is 3. The minimum atomic E-state index is -0.109. The summed E-state index contributed by atoms with van der Waals surface area (Å²) in [5.41, 5.74) is 16.1. The Labute approximate surface area is 291 Å². The van der Waals surface area contributed by atoms with Gasteiger partial charge in [0.1, 0.15) is 11.1 Å². The van der Waals surface area contributed by atoms with E-state index in [1.807, 2.05) is 6.07 Å². The number of nitrogens with zero attached hydrogens (tertiary/aromatic N) is 2. The van der Waals surface area contributed by atoms with Crippen molar-refractivity contribution in [3.05, 3.63) is 181 Å². The number of aromatic nitrogens is 1. The number of benzene rings is 7. The first-order valence-corrected chi connectivity index (χ1v) is 17.3. The zero-order valence-electron chi connectivity index (χ0n) is 28.0. The van der Waals surface area contributed by atoms with Crippen molar-refractivity contribution in [2.24, 2.45) is 0 Å². The topological polar surface area (TPSA) is 21.3 Å². The summed E-state index contributed by atoms with van der Waals surface area (Å²) in [7, 11) is 0. The quantitative estimate of drug-likeness (QED) is 0.186. The van der Waals surface area contributed by atoms with Gasteiger partial charge in [0.2, 0.25) is 0 Å². The summed E-state index contributed by atoms with van der Waals surface area (Å²) in [6.45, 7) is 4.69. The van der Waals surface area contributed by atoms with E-state index in [9.17, 15) is 0 Å². The lowest BCUT2D eigenvalue weighted by Gasteiger charge is -2.28. The molecule has 0 amide bonds. The zero-order chi connectivity index (χ0) is 33.4. The minimum absolute atomic E-state index is 0.109. The second kappa shape index (κ2) is 10.8. The molecule has 0 saturated carbocycles. The lowest BCUT2D eigenvalue weighted by molar-refractivity contribution is 0.660. The minimum Gasteiger partial charge on any atom is -0.454 e. The predicted octanol–water partition coefficient (Wildman–Crippen LogP) is 13.0. The highest BCUT2D eigenvalue weighted by atomic mass is 16.3. The molecule has 0 radical (unpaired) electrons. The predicted molar refractivity (Wildman–Crippen MR) is 208 cm³/mol. The second-order valence-electron chi connectivity index (χ2n) is 13.8. The first kappa shape index (κ1) is 28.7. The summed E-state index contributed by atoms with van der Waals surface area (Å²) >= 11 is 0. The molecule has 0 N–H and O–H groups in total. The van der Waals surface area contributed by atoms with Crippen LogP contribution in [0.15, 0.2) is 174 Å². The van der Waals surface area contributed by atoms with E-state index in [2.05, 4.69) is 187 Å². The Balaban J connectivity index is 1.20. The molecule has 0 aliphatic heterocycles. The van der Waals surface area contributed by atoms with Crippen LogP contribution >= 0.6 is 0 Å². The Bertz CT molecular complexity index is 2720. The third-order valence-corrected chi connectivity index (χ3v) is 10.6. The summed E-state index contributed by atoms with van der Waals surface area (Å²) in [6.07, 6.45) is 0. The average molecular weight is 643 g/mol. The van der Waals surface area contributed by atoms with E-state index in [0.717, 1.165) is 55.7 Å². The van der Waals surface area contributed by atoms with Crippen molar-refractivity contribution in [1.82, 2.24) is 4.57 Å². The summed E-state index contributed by atoms with van der Waals surface area (Å²) in [4.78, 5) is 2.39. The monoisotopic (exact) mass is 642 g/mol. The maximum absolute atomic E-state index is 6.66. The smallest absolute Gasteiger partial charge is 0.161 e. The third-order valence-electron chi connectivity index (χ3n) is 10.6. The molecule has 7 aromatic carbocycles. The molecule has 3 nitrogen and oxygen atoms in total. The van der Waals surface area contributed by atoms with Crippen molar-refractivity contribution in [3.63, 3.8) is 0 Å². The Kier molecular flexibility index (Phi) is 6.22. The molecule has 238 valence electrons. The maximum atomic E-state index is 6.66. The van der Waals surface area contributed by atoms with Crippen LogP contribution in [0.4, 0.5) is 17.1 Å². The molecule has 9 aromatic rings. The van der Waals surface area contributed by atoms with Gasteiger partial charge >= 0.3 is 0 Å². The Morgan fingerprint density at radius 3 is 1.94 bits per heavy atom. The molecule has 2 aromatic heterocycles. The van der Waals surface area contributed by atoms with Gasteiger partial charge in [-0.3, -0.25) is 0 Å². The third kappa shape index (κ3) is 4.23. The average Bonchev–Trinajstić information content (AvgIpc) is 3.77. The number of para-hydroxylation sites is 2. The normalized spacial score (nSPS) is 13.2. The van der Waals surface area contributed by atoms with Crippen molar-refractivity contribution < 1.29 is 4.42 Å². The molecular weight excluding hydrogens is 609 g/mol. The summed E-state index contributed by atoms with van der Waals surface area (Å²) in [6, 6.07) is 61.1. The van der Waals surface area contributed by atoms with E-state index in [-0.39, 0.29) is 5.41 Å². The number of hydrogen-bond donors (Lipinski definition) is 0. The lowest BCUT2D eigenvalue weighted by atomic mass is 9.82. The van der Waals surface area contributed by atoms with Gasteiger partial charge in [0, 0.05) is 38.9 Å². The highest BCUT2D eigenvalue weighted by Gasteiger charge is 2.35. The first-order valence-electron chi connectivity index (χ1n) is 17.3. The molecule has 0 bridgehead atoms. The Hall–Kier alpha value is -6.32. The van der Waals surface area contributed by atoms with Gasteiger partial charge in [0.15, 0.2) is 5.58 Å². The largest absolute Gasteiger partial charge is 0.454 e.